The van der Waals surface area contributed by atoms with Crippen LogP contribution >= 0.6 is 0 Å². The van der Waals surface area contributed by atoms with E-state index in [1.54, 1.807) is 20.8 Å². The van der Waals surface area contributed by atoms with Gasteiger partial charge in [0.05, 0.1) is 0 Å². The largest absolute Gasteiger partial charge is 0.449 e. The van der Waals surface area contributed by atoms with Crippen molar-refractivity contribution in [3.05, 3.63) is 59.7 Å². The van der Waals surface area contributed by atoms with Crippen LogP contribution in [0.1, 0.15) is 37.8 Å². The highest BCUT2D eigenvalue weighted by molar-refractivity contribution is 5.79. The minimum Gasteiger partial charge on any atom is -0.449 e. The maximum absolute atomic E-state index is 12.2. The first-order valence-corrected chi connectivity index (χ1v) is 9.82. The van der Waals surface area contributed by atoms with Crippen LogP contribution in [0.4, 0.5) is 9.59 Å². The summed E-state index contributed by atoms with van der Waals surface area (Å²) < 4.78 is 10.5. The Balaban J connectivity index is 1.54. The van der Waals surface area contributed by atoms with Gasteiger partial charge in [-0.3, -0.25) is 0 Å². The Bertz CT molecular complexity index is 890. The number of fused-ring (bicyclic) bond motifs is 3. The Morgan fingerprint density at radius 1 is 1.00 bits per heavy atom. The number of rotatable bonds is 6. The van der Waals surface area contributed by atoms with Gasteiger partial charge >= 0.3 is 12.2 Å². The second-order valence-corrected chi connectivity index (χ2v) is 8.10. The van der Waals surface area contributed by atoms with Crippen LogP contribution in [0.15, 0.2) is 48.5 Å². The lowest BCUT2D eigenvalue weighted by Gasteiger charge is -2.21. The smallest absolute Gasteiger partial charge is 0.408 e. The first kappa shape index (κ1) is 21.4. The number of carbonyl (C=O) groups is 3. The van der Waals surface area contributed by atoms with E-state index in [1.807, 2.05) is 36.4 Å². The maximum Gasteiger partial charge on any atom is 0.408 e. The topological polar surface area (TPSA) is 93.7 Å². The van der Waals surface area contributed by atoms with Gasteiger partial charge < -0.3 is 24.9 Å². The van der Waals surface area contributed by atoms with E-state index >= 15 is 0 Å². The SMILES string of the molecule is CC(C)(C)OC(=O)N[C@H](C=O)CNC(=O)OCC1c2ccccc2-c2ccccc21. The number of nitrogens with one attached hydrogen (secondary N) is 2. The van der Waals surface area contributed by atoms with Crippen molar-refractivity contribution >= 4 is 18.5 Å². The van der Waals surface area contributed by atoms with Crippen LogP contribution in [0.3, 0.4) is 0 Å². The zero-order valence-corrected chi connectivity index (χ0v) is 17.3. The Morgan fingerprint density at radius 3 is 2.10 bits per heavy atom. The van der Waals surface area contributed by atoms with Crippen LogP contribution in [0, 0.1) is 0 Å². The number of hydrogen-bond acceptors (Lipinski definition) is 5. The third-order valence-electron chi connectivity index (χ3n) is 4.68. The molecule has 30 heavy (non-hydrogen) atoms. The van der Waals surface area contributed by atoms with E-state index in [9.17, 15) is 14.4 Å². The molecule has 2 N–H and O–H groups in total. The van der Waals surface area contributed by atoms with E-state index in [-0.39, 0.29) is 19.1 Å². The minimum absolute atomic E-state index is 0.0510. The highest BCUT2D eigenvalue weighted by atomic mass is 16.6. The monoisotopic (exact) mass is 410 g/mol. The van der Waals surface area contributed by atoms with Gasteiger partial charge in [-0.1, -0.05) is 48.5 Å². The van der Waals surface area contributed by atoms with Gasteiger partial charge in [0.2, 0.25) is 0 Å². The molecule has 0 unspecified atom stereocenters. The molecule has 0 fully saturated rings. The fraction of sp³-hybridized carbons (Fsp3) is 0.348. The van der Waals surface area contributed by atoms with E-state index < -0.39 is 23.8 Å². The van der Waals surface area contributed by atoms with Gasteiger partial charge in [0.15, 0.2) is 0 Å². The van der Waals surface area contributed by atoms with Gasteiger partial charge in [-0.15, -0.1) is 0 Å². The molecular weight excluding hydrogens is 384 g/mol. The average molecular weight is 410 g/mol. The lowest BCUT2D eigenvalue weighted by Crippen LogP contribution is -2.46. The van der Waals surface area contributed by atoms with Crippen molar-refractivity contribution in [1.29, 1.82) is 0 Å². The summed E-state index contributed by atoms with van der Waals surface area (Å²) in [6.07, 6.45) is -0.850. The summed E-state index contributed by atoms with van der Waals surface area (Å²) in [4.78, 5) is 35.1. The second kappa shape index (κ2) is 8.98. The van der Waals surface area contributed by atoms with Gasteiger partial charge in [0, 0.05) is 12.5 Å². The number of aldehydes is 1. The number of alkyl carbamates (subject to hydrolysis) is 2. The molecule has 7 heteroatoms. The molecule has 0 bridgehead atoms. The van der Waals surface area contributed by atoms with E-state index in [0.29, 0.717) is 6.29 Å². The molecule has 0 saturated carbocycles. The Labute approximate surface area is 175 Å². The summed E-state index contributed by atoms with van der Waals surface area (Å²) in [5, 5.41) is 4.91. The number of carbonyl (C=O) groups excluding carboxylic acids is 3. The van der Waals surface area contributed by atoms with Crippen LogP contribution in [-0.2, 0) is 14.3 Å². The molecule has 2 aromatic rings. The zero-order valence-electron chi connectivity index (χ0n) is 17.3. The summed E-state index contributed by atoms with van der Waals surface area (Å²) >= 11 is 0. The average Bonchev–Trinajstić information content (AvgIpc) is 3.02. The van der Waals surface area contributed by atoms with Gasteiger partial charge in [0.25, 0.3) is 0 Å². The van der Waals surface area contributed by atoms with Crippen molar-refractivity contribution in [2.24, 2.45) is 0 Å². The fourth-order valence-corrected chi connectivity index (χ4v) is 3.43. The Kier molecular flexibility index (Phi) is 6.40. The maximum atomic E-state index is 12.2. The molecule has 2 amide bonds. The summed E-state index contributed by atoms with van der Waals surface area (Å²) in [5.41, 5.74) is 3.83. The lowest BCUT2D eigenvalue weighted by atomic mass is 9.98. The van der Waals surface area contributed by atoms with Crippen molar-refractivity contribution in [2.45, 2.75) is 38.3 Å². The van der Waals surface area contributed by atoms with Crippen molar-refractivity contribution in [1.82, 2.24) is 10.6 Å². The number of hydrogen-bond donors (Lipinski definition) is 2. The molecule has 0 aromatic heterocycles. The Hall–Kier alpha value is -3.35. The van der Waals surface area contributed by atoms with Crippen molar-refractivity contribution in [3.8, 4) is 11.1 Å². The number of amides is 2. The molecule has 158 valence electrons. The van der Waals surface area contributed by atoms with Gasteiger partial charge in [-0.2, -0.15) is 0 Å². The first-order chi connectivity index (χ1) is 14.3. The van der Waals surface area contributed by atoms with Crippen LogP contribution in [-0.4, -0.2) is 43.3 Å². The molecule has 0 heterocycles. The first-order valence-electron chi connectivity index (χ1n) is 9.82. The van der Waals surface area contributed by atoms with Gasteiger partial charge in [-0.25, -0.2) is 9.59 Å². The molecule has 1 aliphatic rings. The molecule has 1 aliphatic carbocycles. The van der Waals surface area contributed by atoms with Gasteiger partial charge in [-0.05, 0) is 43.0 Å². The van der Waals surface area contributed by atoms with Crippen LogP contribution in [0.5, 0.6) is 0 Å². The van der Waals surface area contributed by atoms with Gasteiger partial charge in [0.1, 0.15) is 24.5 Å². The van der Waals surface area contributed by atoms with Crippen molar-refractivity contribution in [3.63, 3.8) is 0 Å². The van der Waals surface area contributed by atoms with Crippen LogP contribution < -0.4 is 10.6 Å². The van der Waals surface area contributed by atoms with Crippen LogP contribution in [0.25, 0.3) is 11.1 Å². The predicted molar refractivity (Wildman–Crippen MR) is 112 cm³/mol. The number of ether oxygens (including phenoxy) is 2. The van der Waals surface area contributed by atoms with E-state index in [0.717, 1.165) is 22.3 Å². The molecule has 0 spiro atoms. The summed E-state index contributed by atoms with van der Waals surface area (Å²) in [6, 6.07) is 15.2. The second-order valence-electron chi connectivity index (χ2n) is 8.10. The highest BCUT2D eigenvalue weighted by Gasteiger charge is 2.29. The molecule has 7 nitrogen and oxygen atoms in total. The van der Waals surface area contributed by atoms with E-state index in [1.165, 1.54) is 0 Å². The summed E-state index contributed by atoms with van der Waals surface area (Å²) in [6.45, 7) is 5.23. The lowest BCUT2D eigenvalue weighted by molar-refractivity contribution is -0.109. The predicted octanol–water partition coefficient (Wildman–Crippen LogP) is 3.62. The Morgan fingerprint density at radius 2 is 1.57 bits per heavy atom. The highest BCUT2D eigenvalue weighted by Crippen LogP contribution is 2.44. The zero-order chi connectivity index (χ0) is 21.7. The number of benzene rings is 2. The molecule has 0 radical (unpaired) electrons. The third kappa shape index (κ3) is 5.17. The fourth-order valence-electron chi connectivity index (χ4n) is 3.43. The molecule has 2 aromatic carbocycles. The summed E-state index contributed by atoms with van der Waals surface area (Å²) in [5.74, 6) is -0.0510. The van der Waals surface area contributed by atoms with E-state index in [2.05, 4.69) is 22.8 Å². The van der Waals surface area contributed by atoms with Crippen LogP contribution in [0.2, 0.25) is 0 Å². The molecular formula is C23H26N2O5. The molecule has 3 rings (SSSR count). The third-order valence-corrected chi connectivity index (χ3v) is 4.68. The molecule has 1 atom stereocenters. The van der Waals surface area contributed by atoms with E-state index in [4.69, 9.17) is 9.47 Å². The van der Waals surface area contributed by atoms with Crippen molar-refractivity contribution < 1.29 is 23.9 Å². The molecule has 0 saturated heterocycles. The summed E-state index contributed by atoms with van der Waals surface area (Å²) in [7, 11) is 0. The minimum atomic E-state index is -0.916. The van der Waals surface area contributed by atoms with Crippen molar-refractivity contribution in [2.75, 3.05) is 13.2 Å². The normalized spacial score (nSPS) is 13.6. The molecule has 0 aliphatic heterocycles. The standard InChI is InChI=1S/C23H26N2O5/c1-23(2,3)30-22(28)25-15(13-26)12-24-21(27)29-14-20-18-10-6-4-8-16(18)17-9-5-7-11-19(17)20/h4-11,13,15,20H,12,14H2,1-3H3,(H,24,27)(H,25,28)/t15-/m0/s1. The quantitative estimate of drug-likeness (QED) is 0.710.